The summed E-state index contributed by atoms with van der Waals surface area (Å²) in [6.07, 6.45) is 0. The summed E-state index contributed by atoms with van der Waals surface area (Å²) in [6.45, 7) is 5.87. The van der Waals surface area contributed by atoms with Crippen molar-refractivity contribution >= 4 is 17.2 Å². The van der Waals surface area contributed by atoms with Crippen LogP contribution in [-0.2, 0) is 9.47 Å². The van der Waals surface area contributed by atoms with E-state index in [1.54, 1.807) is 12.5 Å². The molecule has 1 fully saturated rings. The highest BCUT2D eigenvalue weighted by Gasteiger charge is 2.13. The van der Waals surface area contributed by atoms with E-state index in [-0.39, 0.29) is 5.91 Å². The highest BCUT2D eigenvalue weighted by atomic mass is 32.1. The summed E-state index contributed by atoms with van der Waals surface area (Å²) in [6, 6.07) is 7.69. The molecular formula is C19H25N3O4S. The number of hydrogen-bond acceptors (Lipinski definition) is 7. The van der Waals surface area contributed by atoms with E-state index in [0.29, 0.717) is 25.5 Å². The minimum absolute atomic E-state index is 0.134. The van der Waals surface area contributed by atoms with E-state index in [9.17, 15) is 4.79 Å². The molecular weight excluding hydrogens is 366 g/mol. The Morgan fingerprint density at radius 1 is 1.26 bits per heavy atom. The maximum atomic E-state index is 12.3. The molecule has 2 heterocycles. The molecule has 1 saturated heterocycles. The molecule has 1 aliphatic heterocycles. The van der Waals surface area contributed by atoms with Crippen LogP contribution in [0.2, 0.25) is 0 Å². The average Bonchev–Trinajstić information content (AvgIpc) is 3.20. The molecule has 1 aromatic heterocycles. The monoisotopic (exact) mass is 391 g/mol. The predicted molar refractivity (Wildman–Crippen MR) is 105 cm³/mol. The number of rotatable bonds is 9. The lowest BCUT2D eigenvalue weighted by atomic mass is 10.2. The van der Waals surface area contributed by atoms with Crippen molar-refractivity contribution < 1.29 is 19.0 Å². The number of methoxy groups -OCH3 is 1. The number of benzene rings is 1. The number of carbonyl (C=O) groups excluding carboxylic acids is 1. The largest absolute Gasteiger partial charge is 0.491 e. The highest BCUT2D eigenvalue weighted by Crippen LogP contribution is 2.25. The first kappa shape index (κ1) is 19.8. The SMILES string of the molecule is COCCOc1ccc(-c2nc(C(=O)NCCN3CCOCC3)cs2)cc1. The number of aromatic nitrogens is 1. The molecule has 0 saturated carbocycles. The van der Waals surface area contributed by atoms with Crippen molar-refractivity contribution in [3.05, 3.63) is 35.3 Å². The Balaban J connectivity index is 1.48. The lowest BCUT2D eigenvalue weighted by Gasteiger charge is -2.26. The van der Waals surface area contributed by atoms with Crippen LogP contribution in [0.15, 0.2) is 29.6 Å². The second kappa shape index (κ2) is 10.4. The molecule has 0 radical (unpaired) electrons. The zero-order valence-electron chi connectivity index (χ0n) is 15.5. The van der Waals surface area contributed by atoms with E-state index < -0.39 is 0 Å². The number of carbonyl (C=O) groups is 1. The summed E-state index contributed by atoms with van der Waals surface area (Å²) >= 11 is 1.46. The van der Waals surface area contributed by atoms with Crippen LogP contribution >= 0.6 is 11.3 Å². The quantitative estimate of drug-likeness (QED) is 0.658. The van der Waals surface area contributed by atoms with Crippen LogP contribution in [0.25, 0.3) is 10.6 Å². The maximum Gasteiger partial charge on any atom is 0.270 e. The second-order valence-corrected chi connectivity index (χ2v) is 6.97. The van der Waals surface area contributed by atoms with Crippen LogP contribution < -0.4 is 10.1 Å². The number of thiazole rings is 1. The van der Waals surface area contributed by atoms with E-state index >= 15 is 0 Å². The molecule has 0 aliphatic carbocycles. The van der Waals surface area contributed by atoms with Crippen LogP contribution in [0.3, 0.4) is 0 Å². The molecule has 2 aromatic rings. The standard InChI is InChI=1S/C19H25N3O4S/c1-24-12-13-26-16-4-2-15(3-5-16)19-21-17(14-27-19)18(23)20-6-7-22-8-10-25-11-9-22/h2-5,14H,6-13H2,1H3,(H,20,23). The Kier molecular flexibility index (Phi) is 7.58. The van der Waals surface area contributed by atoms with Gasteiger partial charge in [-0.2, -0.15) is 0 Å². The van der Waals surface area contributed by atoms with Crippen molar-refractivity contribution in [2.75, 3.05) is 59.7 Å². The van der Waals surface area contributed by atoms with Crippen molar-refractivity contribution in [2.45, 2.75) is 0 Å². The van der Waals surface area contributed by atoms with Gasteiger partial charge in [-0.3, -0.25) is 9.69 Å². The van der Waals surface area contributed by atoms with E-state index in [4.69, 9.17) is 14.2 Å². The summed E-state index contributed by atoms with van der Waals surface area (Å²) in [5, 5.41) is 5.55. The zero-order chi connectivity index (χ0) is 18.9. The van der Waals surface area contributed by atoms with Gasteiger partial charge >= 0.3 is 0 Å². The van der Waals surface area contributed by atoms with Gasteiger partial charge in [-0.25, -0.2) is 4.98 Å². The molecule has 0 atom stereocenters. The Hall–Kier alpha value is -2.00. The summed E-state index contributed by atoms with van der Waals surface area (Å²) in [5.74, 6) is 0.652. The Morgan fingerprint density at radius 2 is 2.04 bits per heavy atom. The van der Waals surface area contributed by atoms with Crippen molar-refractivity contribution in [1.82, 2.24) is 15.2 Å². The van der Waals surface area contributed by atoms with Gasteiger partial charge in [-0.15, -0.1) is 11.3 Å². The number of nitrogens with zero attached hydrogens (tertiary/aromatic N) is 2. The smallest absolute Gasteiger partial charge is 0.270 e. The van der Waals surface area contributed by atoms with Gasteiger partial charge in [0, 0.05) is 44.2 Å². The molecule has 0 spiro atoms. The van der Waals surface area contributed by atoms with Gasteiger partial charge in [0.25, 0.3) is 5.91 Å². The van der Waals surface area contributed by atoms with Crippen LogP contribution in [0, 0.1) is 0 Å². The van der Waals surface area contributed by atoms with Gasteiger partial charge in [0.15, 0.2) is 0 Å². The van der Waals surface area contributed by atoms with E-state index in [1.165, 1.54) is 11.3 Å². The Bertz CT molecular complexity index is 714. The highest BCUT2D eigenvalue weighted by molar-refractivity contribution is 7.13. The lowest BCUT2D eigenvalue weighted by molar-refractivity contribution is 0.0383. The van der Waals surface area contributed by atoms with Gasteiger partial charge in [-0.1, -0.05) is 0 Å². The molecule has 8 heteroatoms. The molecule has 0 bridgehead atoms. The third-order valence-electron chi connectivity index (χ3n) is 4.21. The number of amides is 1. The molecule has 0 unspecified atom stereocenters. The van der Waals surface area contributed by atoms with Gasteiger partial charge in [0.05, 0.1) is 19.8 Å². The molecule has 1 N–H and O–H groups in total. The molecule has 1 aliphatic rings. The van der Waals surface area contributed by atoms with Gasteiger partial charge in [0.1, 0.15) is 23.1 Å². The fourth-order valence-electron chi connectivity index (χ4n) is 2.69. The van der Waals surface area contributed by atoms with E-state index in [0.717, 1.165) is 49.2 Å². The molecule has 27 heavy (non-hydrogen) atoms. The lowest BCUT2D eigenvalue weighted by Crippen LogP contribution is -2.41. The van der Waals surface area contributed by atoms with Crippen molar-refractivity contribution in [3.8, 4) is 16.3 Å². The summed E-state index contributed by atoms with van der Waals surface area (Å²) in [4.78, 5) is 19.0. The minimum Gasteiger partial charge on any atom is -0.491 e. The third-order valence-corrected chi connectivity index (χ3v) is 5.10. The molecule has 146 valence electrons. The molecule has 7 nitrogen and oxygen atoms in total. The summed E-state index contributed by atoms with van der Waals surface area (Å²) in [5.41, 5.74) is 1.42. The molecule has 3 rings (SSSR count). The summed E-state index contributed by atoms with van der Waals surface area (Å²) in [7, 11) is 1.64. The van der Waals surface area contributed by atoms with Crippen LogP contribution in [-0.4, -0.2) is 75.5 Å². The van der Waals surface area contributed by atoms with Gasteiger partial charge < -0.3 is 19.5 Å². The topological polar surface area (TPSA) is 72.9 Å². The van der Waals surface area contributed by atoms with Crippen molar-refractivity contribution in [2.24, 2.45) is 0 Å². The normalized spacial score (nSPS) is 14.9. The van der Waals surface area contributed by atoms with Crippen molar-refractivity contribution in [3.63, 3.8) is 0 Å². The number of hydrogen-bond donors (Lipinski definition) is 1. The molecule has 1 aromatic carbocycles. The van der Waals surface area contributed by atoms with Gasteiger partial charge in [-0.05, 0) is 24.3 Å². The number of morpholine rings is 1. The van der Waals surface area contributed by atoms with Crippen molar-refractivity contribution in [1.29, 1.82) is 0 Å². The minimum atomic E-state index is -0.134. The van der Waals surface area contributed by atoms with E-state index in [2.05, 4.69) is 15.2 Å². The number of ether oxygens (including phenoxy) is 3. The zero-order valence-corrected chi connectivity index (χ0v) is 16.3. The first-order valence-electron chi connectivity index (χ1n) is 9.02. The first-order valence-corrected chi connectivity index (χ1v) is 9.90. The summed E-state index contributed by atoms with van der Waals surface area (Å²) < 4.78 is 15.8. The first-order chi connectivity index (χ1) is 13.3. The fourth-order valence-corrected chi connectivity index (χ4v) is 3.50. The van der Waals surface area contributed by atoms with E-state index in [1.807, 2.05) is 24.3 Å². The van der Waals surface area contributed by atoms with Crippen LogP contribution in [0.5, 0.6) is 5.75 Å². The second-order valence-electron chi connectivity index (χ2n) is 6.11. The number of nitrogens with one attached hydrogen (secondary N) is 1. The van der Waals surface area contributed by atoms with Gasteiger partial charge in [0.2, 0.25) is 0 Å². The maximum absolute atomic E-state index is 12.3. The predicted octanol–water partition coefficient (Wildman–Crippen LogP) is 1.90. The third kappa shape index (κ3) is 6.00. The Labute approximate surface area is 163 Å². The molecule has 1 amide bonds. The average molecular weight is 391 g/mol. The van der Waals surface area contributed by atoms with Crippen LogP contribution in [0.1, 0.15) is 10.5 Å². The fraction of sp³-hybridized carbons (Fsp3) is 0.474. The van der Waals surface area contributed by atoms with Crippen LogP contribution in [0.4, 0.5) is 0 Å². The Morgan fingerprint density at radius 3 is 2.78 bits per heavy atom.